The van der Waals surface area contributed by atoms with Crippen LogP contribution in [0.1, 0.15) is 72.1 Å². The summed E-state index contributed by atoms with van der Waals surface area (Å²) in [4.78, 5) is 2.75. The van der Waals surface area contributed by atoms with E-state index in [-0.39, 0.29) is 0 Å². The van der Waals surface area contributed by atoms with Crippen molar-refractivity contribution in [1.82, 2.24) is 10.2 Å². The van der Waals surface area contributed by atoms with Gasteiger partial charge in [0.1, 0.15) is 0 Å². The Balaban J connectivity index is 1.84. The van der Waals surface area contributed by atoms with Gasteiger partial charge in [-0.1, -0.05) is 33.1 Å². The molecule has 0 radical (unpaired) electrons. The summed E-state index contributed by atoms with van der Waals surface area (Å²) in [5, 5.41) is 3.66. The quantitative estimate of drug-likeness (QED) is 0.814. The van der Waals surface area contributed by atoms with Crippen LogP contribution in [0.5, 0.6) is 0 Å². The number of hydrogen-bond acceptors (Lipinski definition) is 2. The van der Waals surface area contributed by atoms with Gasteiger partial charge in [-0.3, -0.25) is 4.90 Å². The Labute approximate surface area is 120 Å². The summed E-state index contributed by atoms with van der Waals surface area (Å²) in [6.45, 7) is 10.7. The van der Waals surface area contributed by atoms with Crippen molar-refractivity contribution in [2.24, 2.45) is 5.41 Å². The van der Waals surface area contributed by atoms with Gasteiger partial charge >= 0.3 is 0 Å². The molecule has 1 saturated heterocycles. The minimum absolute atomic E-state index is 0.672. The van der Waals surface area contributed by atoms with Crippen molar-refractivity contribution in [3.8, 4) is 0 Å². The lowest BCUT2D eigenvalue weighted by atomic mass is 9.68. The van der Waals surface area contributed by atoms with E-state index in [1.165, 1.54) is 64.5 Å². The average molecular weight is 266 g/mol. The average Bonchev–Trinajstić information content (AvgIpc) is 2.46. The number of hydrogen-bond donors (Lipinski definition) is 1. The lowest BCUT2D eigenvalue weighted by Gasteiger charge is -2.47. The van der Waals surface area contributed by atoms with Gasteiger partial charge in [-0.2, -0.15) is 0 Å². The molecule has 0 aromatic carbocycles. The summed E-state index contributed by atoms with van der Waals surface area (Å²) in [5.41, 5.74) is 0.744. The maximum absolute atomic E-state index is 3.66. The number of nitrogens with zero attached hydrogens (tertiary/aromatic N) is 1. The largest absolute Gasteiger partial charge is 0.313 e. The standard InChI is InChI=1S/C17H34N2/c1-4-16(18-5-2)15(3)19-13-11-17(12-14-19)9-7-6-8-10-17/h15-16,18H,4-14H2,1-3H3. The zero-order valence-electron chi connectivity index (χ0n) is 13.4. The normalized spacial score (nSPS) is 27.3. The van der Waals surface area contributed by atoms with Crippen molar-refractivity contribution >= 4 is 0 Å². The molecule has 2 nitrogen and oxygen atoms in total. The molecular weight excluding hydrogens is 232 g/mol. The molecule has 2 rings (SSSR count). The molecule has 1 heterocycles. The molecule has 1 N–H and O–H groups in total. The van der Waals surface area contributed by atoms with E-state index in [0.29, 0.717) is 12.1 Å². The Bertz CT molecular complexity index is 248. The smallest absolute Gasteiger partial charge is 0.0220 e. The van der Waals surface area contributed by atoms with Crippen molar-refractivity contribution in [3.05, 3.63) is 0 Å². The molecule has 0 aromatic heterocycles. The Hall–Kier alpha value is -0.0800. The highest BCUT2D eigenvalue weighted by atomic mass is 15.2. The van der Waals surface area contributed by atoms with Gasteiger partial charge in [0.25, 0.3) is 0 Å². The lowest BCUT2D eigenvalue weighted by Crippen LogP contribution is -2.52. The van der Waals surface area contributed by atoms with E-state index in [0.717, 1.165) is 12.0 Å². The first kappa shape index (κ1) is 15.3. The maximum Gasteiger partial charge on any atom is 0.0220 e. The summed E-state index contributed by atoms with van der Waals surface area (Å²) in [6.07, 6.45) is 11.7. The monoisotopic (exact) mass is 266 g/mol. The van der Waals surface area contributed by atoms with Gasteiger partial charge in [0, 0.05) is 12.1 Å². The molecule has 112 valence electrons. The fourth-order valence-corrected chi connectivity index (χ4v) is 4.38. The SMILES string of the molecule is CCNC(CC)C(C)N1CCC2(CCCCC2)CC1. The number of likely N-dealkylation sites (N-methyl/N-ethyl adjacent to an activating group) is 1. The van der Waals surface area contributed by atoms with Gasteiger partial charge in [-0.15, -0.1) is 0 Å². The lowest BCUT2D eigenvalue weighted by molar-refractivity contribution is 0.0392. The van der Waals surface area contributed by atoms with Crippen molar-refractivity contribution < 1.29 is 0 Å². The maximum atomic E-state index is 3.66. The van der Waals surface area contributed by atoms with Gasteiger partial charge < -0.3 is 5.32 Å². The van der Waals surface area contributed by atoms with Crippen molar-refractivity contribution in [2.45, 2.75) is 84.2 Å². The third kappa shape index (κ3) is 3.72. The molecule has 1 spiro atoms. The van der Waals surface area contributed by atoms with Gasteiger partial charge in [0.05, 0.1) is 0 Å². The highest BCUT2D eigenvalue weighted by molar-refractivity contribution is 4.91. The minimum atomic E-state index is 0.672. The first-order valence-corrected chi connectivity index (χ1v) is 8.68. The summed E-state index contributed by atoms with van der Waals surface area (Å²) in [6, 6.07) is 1.37. The molecule has 0 aromatic rings. The minimum Gasteiger partial charge on any atom is -0.313 e. The molecule has 0 amide bonds. The van der Waals surface area contributed by atoms with Crippen LogP contribution in [-0.2, 0) is 0 Å². The topological polar surface area (TPSA) is 15.3 Å². The molecule has 1 aliphatic carbocycles. The van der Waals surface area contributed by atoms with Crippen LogP contribution < -0.4 is 5.32 Å². The Morgan fingerprint density at radius 2 is 1.63 bits per heavy atom. The predicted octanol–water partition coefficient (Wildman–Crippen LogP) is 3.81. The second-order valence-corrected chi connectivity index (χ2v) is 6.91. The molecule has 2 unspecified atom stereocenters. The zero-order chi connectivity index (χ0) is 13.7. The highest BCUT2D eigenvalue weighted by Crippen LogP contribution is 2.44. The molecule has 19 heavy (non-hydrogen) atoms. The molecule has 2 aliphatic rings. The van der Waals surface area contributed by atoms with E-state index in [4.69, 9.17) is 0 Å². The van der Waals surface area contributed by atoms with E-state index in [1.54, 1.807) is 0 Å². The molecular formula is C17H34N2. The van der Waals surface area contributed by atoms with Crippen LogP contribution in [0.3, 0.4) is 0 Å². The molecule has 2 fully saturated rings. The third-order valence-electron chi connectivity index (χ3n) is 5.84. The fourth-order valence-electron chi connectivity index (χ4n) is 4.38. The van der Waals surface area contributed by atoms with E-state index in [9.17, 15) is 0 Å². The van der Waals surface area contributed by atoms with Crippen LogP contribution in [0.2, 0.25) is 0 Å². The first-order chi connectivity index (χ1) is 9.21. The second kappa shape index (κ2) is 7.08. The number of likely N-dealkylation sites (tertiary alicyclic amines) is 1. The molecule has 1 saturated carbocycles. The van der Waals surface area contributed by atoms with Crippen LogP contribution in [0.4, 0.5) is 0 Å². The molecule has 2 heteroatoms. The second-order valence-electron chi connectivity index (χ2n) is 6.91. The van der Waals surface area contributed by atoms with Crippen molar-refractivity contribution in [2.75, 3.05) is 19.6 Å². The number of piperidine rings is 1. The highest BCUT2D eigenvalue weighted by Gasteiger charge is 2.37. The summed E-state index contributed by atoms with van der Waals surface area (Å²) in [7, 11) is 0. The fraction of sp³-hybridized carbons (Fsp3) is 1.00. The molecule has 2 atom stereocenters. The van der Waals surface area contributed by atoms with Gasteiger partial charge in [-0.05, 0) is 64.1 Å². The third-order valence-corrected chi connectivity index (χ3v) is 5.84. The van der Waals surface area contributed by atoms with Crippen LogP contribution in [0.25, 0.3) is 0 Å². The Kier molecular flexibility index (Phi) is 5.70. The number of nitrogens with one attached hydrogen (secondary N) is 1. The Morgan fingerprint density at radius 1 is 1.00 bits per heavy atom. The van der Waals surface area contributed by atoms with Crippen LogP contribution in [-0.4, -0.2) is 36.6 Å². The predicted molar refractivity (Wildman–Crippen MR) is 83.5 cm³/mol. The van der Waals surface area contributed by atoms with Crippen molar-refractivity contribution in [3.63, 3.8) is 0 Å². The summed E-state index contributed by atoms with van der Waals surface area (Å²) in [5.74, 6) is 0. The van der Waals surface area contributed by atoms with Crippen LogP contribution in [0.15, 0.2) is 0 Å². The van der Waals surface area contributed by atoms with E-state index < -0.39 is 0 Å². The van der Waals surface area contributed by atoms with Gasteiger partial charge in [0.2, 0.25) is 0 Å². The van der Waals surface area contributed by atoms with Gasteiger partial charge in [0.15, 0.2) is 0 Å². The van der Waals surface area contributed by atoms with Gasteiger partial charge in [-0.25, -0.2) is 0 Å². The first-order valence-electron chi connectivity index (χ1n) is 8.68. The van der Waals surface area contributed by atoms with E-state index in [2.05, 4.69) is 31.0 Å². The van der Waals surface area contributed by atoms with E-state index in [1.807, 2.05) is 0 Å². The molecule has 0 bridgehead atoms. The zero-order valence-corrected chi connectivity index (χ0v) is 13.4. The van der Waals surface area contributed by atoms with E-state index >= 15 is 0 Å². The van der Waals surface area contributed by atoms with Crippen molar-refractivity contribution in [1.29, 1.82) is 0 Å². The molecule has 1 aliphatic heterocycles. The Morgan fingerprint density at radius 3 is 2.16 bits per heavy atom. The van der Waals surface area contributed by atoms with Crippen LogP contribution in [0, 0.1) is 5.41 Å². The van der Waals surface area contributed by atoms with Crippen LogP contribution >= 0.6 is 0 Å². The number of rotatable bonds is 5. The summed E-state index contributed by atoms with van der Waals surface area (Å²) < 4.78 is 0. The summed E-state index contributed by atoms with van der Waals surface area (Å²) >= 11 is 0.